The summed E-state index contributed by atoms with van der Waals surface area (Å²) in [5.41, 5.74) is 0. The third-order valence-corrected chi connectivity index (χ3v) is 3.73. The molecule has 0 aliphatic rings. The first-order chi connectivity index (χ1) is 7.35. The van der Waals surface area contributed by atoms with Gasteiger partial charge in [-0.3, -0.25) is 9.59 Å². The van der Waals surface area contributed by atoms with Crippen LogP contribution in [0.15, 0.2) is 0 Å². The maximum Gasteiger partial charge on any atom is 0.322 e. The summed E-state index contributed by atoms with van der Waals surface area (Å²) < 4.78 is 27.2. The Bertz CT molecular complexity index is 345. The maximum atomic E-state index is 11.4. The molecule has 94 valence electrons. The SMILES string of the molecule is CCOC(=O)CC(C(=O)O)S(=O)(=O)CCO. The maximum absolute atomic E-state index is 11.4. The van der Waals surface area contributed by atoms with Gasteiger partial charge in [0.1, 0.15) is 0 Å². The van der Waals surface area contributed by atoms with Crippen LogP contribution in [-0.4, -0.2) is 54.8 Å². The summed E-state index contributed by atoms with van der Waals surface area (Å²) >= 11 is 0. The second kappa shape index (κ2) is 6.44. The Kier molecular flexibility index (Phi) is 5.97. The number of rotatable bonds is 7. The first-order valence-corrected chi connectivity index (χ1v) is 6.27. The highest BCUT2D eigenvalue weighted by Gasteiger charge is 2.34. The summed E-state index contributed by atoms with van der Waals surface area (Å²) in [6.45, 7) is 0.885. The van der Waals surface area contributed by atoms with Crippen LogP contribution in [0.2, 0.25) is 0 Å². The number of aliphatic hydroxyl groups is 1. The zero-order valence-corrected chi connectivity index (χ0v) is 9.57. The number of esters is 1. The predicted molar refractivity (Wildman–Crippen MR) is 53.5 cm³/mol. The molecule has 0 saturated heterocycles. The summed E-state index contributed by atoms with van der Waals surface area (Å²) in [4.78, 5) is 21.7. The number of carbonyl (C=O) groups excluding carboxylic acids is 1. The molecule has 0 bridgehead atoms. The molecule has 1 atom stereocenters. The van der Waals surface area contributed by atoms with Crippen LogP contribution in [-0.2, 0) is 24.2 Å². The Morgan fingerprint density at radius 3 is 2.31 bits per heavy atom. The second-order valence-electron chi connectivity index (χ2n) is 2.93. The summed E-state index contributed by atoms with van der Waals surface area (Å²) in [5.74, 6) is -3.21. The molecule has 2 N–H and O–H groups in total. The smallest absolute Gasteiger partial charge is 0.322 e. The highest BCUT2D eigenvalue weighted by atomic mass is 32.2. The zero-order valence-electron chi connectivity index (χ0n) is 8.75. The van der Waals surface area contributed by atoms with Gasteiger partial charge < -0.3 is 14.9 Å². The molecule has 16 heavy (non-hydrogen) atoms. The first-order valence-electron chi connectivity index (χ1n) is 4.56. The molecule has 0 heterocycles. The van der Waals surface area contributed by atoms with Gasteiger partial charge in [-0.05, 0) is 6.92 Å². The van der Waals surface area contributed by atoms with E-state index in [1.54, 1.807) is 0 Å². The molecule has 1 unspecified atom stereocenters. The lowest BCUT2D eigenvalue weighted by Crippen LogP contribution is -2.35. The number of sulfone groups is 1. The molecular weight excluding hydrogens is 240 g/mol. The van der Waals surface area contributed by atoms with E-state index >= 15 is 0 Å². The van der Waals surface area contributed by atoms with E-state index in [1.165, 1.54) is 6.92 Å². The van der Waals surface area contributed by atoms with Gasteiger partial charge in [-0.25, -0.2) is 8.42 Å². The van der Waals surface area contributed by atoms with Crippen molar-refractivity contribution < 1.29 is 33.0 Å². The van der Waals surface area contributed by atoms with Crippen LogP contribution in [0.5, 0.6) is 0 Å². The van der Waals surface area contributed by atoms with Gasteiger partial charge in [-0.2, -0.15) is 0 Å². The molecule has 0 amide bonds. The molecule has 0 aliphatic heterocycles. The minimum atomic E-state index is -4.04. The van der Waals surface area contributed by atoms with Crippen molar-refractivity contribution in [3.63, 3.8) is 0 Å². The van der Waals surface area contributed by atoms with Crippen LogP contribution in [0.4, 0.5) is 0 Å². The van der Waals surface area contributed by atoms with Gasteiger partial charge >= 0.3 is 11.9 Å². The fraction of sp³-hybridized carbons (Fsp3) is 0.750. The van der Waals surface area contributed by atoms with Crippen molar-refractivity contribution in [1.29, 1.82) is 0 Å². The van der Waals surface area contributed by atoms with Gasteiger partial charge in [0.25, 0.3) is 0 Å². The number of hydrogen-bond acceptors (Lipinski definition) is 6. The van der Waals surface area contributed by atoms with Crippen LogP contribution in [0, 0.1) is 0 Å². The quantitative estimate of drug-likeness (QED) is 0.548. The van der Waals surface area contributed by atoms with Crippen molar-refractivity contribution >= 4 is 21.8 Å². The van der Waals surface area contributed by atoms with Gasteiger partial charge in [0, 0.05) is 0 Å². The number of hydrogen-bond donors (Lipinski definition) is 2. The van der Waals surface area contributed by atoms with Crippen molar-refractivity contribution in [2.24, 2.45) is 0 Å². The molecular formula is C8H14O7S. The van der Waals surface area contributed by atoms with Gasteiger partial charge in [-0.15, -0.1) is 0 Å². The average Bonchev–Trinajstić information content (AvgIpc) is 2.13. The van der Waals surface area contributed by atoms with Gasteiger partial charge in [0.15, 0.2) is 15.1 Å². The Labute approximate surface area is 92.9 Å². The highest BCUT2D eigenvalue weighted by molar-refractivity contribution is 7.92. The lowest BCUT2D eigenvalue weighted by Gasteiger charge is -2.11. The van der Waals surface area contributed by atoms with E-state index < -0.39 is 45.8 Å². The number of carboxylic acids is 1. The molecule has 0 fully saturated rings. The lowest BCUT2D eigenvalue weighted by molar-refractivity contribution is -0.147. The van der Waals surface area contributed by atoms with Gasteiger partial charge in [-0.1, -0.05) is 0 Å². The van der Waals surface area contributed by atoms with Gasteiger partial charge in [0.05, 0.1) is 25.4 Å². The molecule has 0 radical (unpaired) electrons. The summed E-state index contributed by atoms with van der Waals surface area (Å²) in [6, 6.07) is 0. The zero-order chi connectivity index (χ0) is 12.8. The van der Waals surface area contributed by atoms with Crippen molar-refractivity contribution in [2.75, 3.05) is 19.0 Å². The number of ether oxygens (including phenoxy) is 1. The largest absolute Gasteiger partial charge is 0.480 e. The summed E-state index contributed by atoms with van der Waals surface area (Å²) in [6.07, 6.45) is -0.745. The molecule has 0 saturated carbocycles. The summed E-state index contributed by atoms with van der Waals surface area (Å²) in [5, 5.41) is 15.3. The fourth-order valence-corrected chi connectivity index (χ4v) is 2.24. The Balaban J connectivity index is 4.76. The van der Waals surface area contributed by atoms with Gasteiger partial charge in [0.2, 0.25) is 0 Å². The van der Waals surface area contributed by atoms with Crippen molar-refractivity contribution in [1.82, 2.24) is 0 Å². The highest BCUT2D eigenvalue weighted by Crippen LogP contribution is 2.09. The Morgan fingerprint density at radius 2 is 1.94 bits per heavy atom. The minimum absolute atomic E-state index is 0.0468. The van der Waals surface area contributed by atoms with E-state index in [0.29, 0.717) is 0 Å². The molecule has 8 heteroatoms. The molecule has 7 nitrogen and oxygen atoms in total. The Hall–Kier alpha value is -1.15. The van der Waals surface area contributed by atoms with E-state index in [0.717, 1.165) is 0 Å². The molecule has 0 spiro atoms. The van der Waals surface area contributed by atoms with Crippen LogP contribution < -0.4 is 0 Å². The molecule has 0 aliphatic carbocycles. The fourth-order valence-electron chi connectivity index (χ4n) is 1.01. The third-order valence-electron chi connectivity index (χ3n) is 1.74. The van der Waals surface area contributed by atoms with Crippen LogP contribution in [0.25, 0.3) is 0 Å². The van der Waals surface area contributed by atoms with Crippen LogP contribution in [0.1, 0.15) is 13.3 Å². The normalized spacial score (nSPS) is 13.1. The Morgan fingerprint density at radius 1 is 1.38 bits per heavy atom. The monoisotopic (exact) mass is 254 g/mol. The lowest BCUT2D eigenvalue weighted by atomic mass is 10.3. The number of aliphatic carboxylic acids is 1. The number of carbonyl (C=O) groups is 2. The summed E-state index contributed by atoms with van der Waals surface area (Å²) in [7, 11) is -4.04. The molecule has 0 rings (SSSR count). The standard InChI is InChI=1S/C8H14O7S/c1-2-15-7(10)5-6(8(11)12)16(13,14)4-3-9/h6,9H,2-5H2,1H3,(H,11,12). The predicted octanol–water partition coefficient (Wildman–Crippen LogP) is -1.20. The van der Waals surface area contributed by atoms with E-state index in [2.05, 4.69) is 4.74 Å². The van der Waals surface area contributed by atoms with E-state index in [9.17, 15) is 18.0 Å². The number of aliphatic hydroxyl groups excluding tert-OH is 1. The molecule has 0 aromatic carbocycles. The van der Waals surface area contributed by atoms with Crippen LogP contribution >= 0.6 is 0 Å². The van der Waals surface area contributed by atoms with E-state index in [-0.39, 0.29) is 6.61 Å². The topological polar surface area (TPSA) is 118 Å². The molecule has 0 aromatic rings. The van der Waals surface area contributed by atoms with Crippen molar-refractivity contribution in [3.05, 3.63) is 0 Å². The van der Waals surface area contributed by atoms with E-state index in [4.69, 9.17) is 10.2 Å². The minimum Gasteiger partial charge on any atom is -0.480 e. The second-order valence-corrected chi connectivity index (χ2v) is 5.23. The third kappa shape index (κ3) is 4.58. The first kappa shape index (κ1) is 14.8. The number of carboxylic acid groups (broad SMARTS) is 1. The van der Waals surface area contributed by atoms with Crippen LogP contribution in [0.3, 0.4) is 0 Å². The van der Waals surface area contributed by atoms with Crippen molar-refractivity contribution in [2.45, 2.75) is 18.6 Å². The van der Waals surface area contributed by atoms with Crippen molar-refractivity contribution in [3.8, 4) is 0 Å². The average molecular weight is 254 g/mol. The molecule has 0 aromatic heterocycles. The van der Waals surface area contributed by atoms with E-state index in [1.807, 2.05) is 0 Å².